The average molecular weight is 369 g/mol. The molecule has 1 aromatic heterocycles. The number of sulfonamides is 1. The number of carboxylic acids is 1. The van der Waals surface area contributed by atoms with Crippen LogP contribution in [0.15, 0.2) is 34.5 Å². The molecule has 9 heteroatoms. The maximum atomic E-state index is 11.5. The van der Waals surface area contributed by atoms with Gasteiger partial charge in [0.1, 0.15) is 0 Å². The number of benzene rings is 1. The fraction of sp³-hybridized carbons (Fsp3) is 0.333. The van der Waals surface area contributed by atoms with Crippen molar-refractivity contribution in [3.8, 4) is 0 Å². The van der Waals surface area contributed by atoms with E-state index >= 15 is 0 Å². The van der Waals surface area contributed by atoms with Crippen LogP contribution in [0, 0.1) is 6.92 Å². The number of primary sulfonamides is 1. The van der Waals surface area contributed by atoms with Crippen LogP contribution in [-0.2, 0) is 21.2 Å². The first-order valence-electron chi connectivity index (χ1n) is 7.28. The Hall–Kier alpha value is -1.97. The number of anilines is 1. The molecule has 0 saturated heterocycles. The van der Waals surface area contributed by atoms with Crippen LogP contribution in [0.25, 0.3) is 0 Å². The number of thiazole rings is 1. The second-order valence-corrected chi connectivity index (χ2v) is 8.16. The summed E-state index contributed by atoms with van der Waals surface area (Å²) >= 11 is 0.957. The second kappa shape index (κ2) is 7.73. The van der Waals surface area contributed by atoms with Crippen LogP contribution in [0.5, 0.6) is 0 Å². The molecule has 130 valence electrons. The molecule has 1 unspecified atom stereocenters. The first kappa shape index (κ1) is 18.4. The van der Waals surface area contributed by atoms with E-state index in [4.69, 9.17) is 10.2 Å². The zero-order chi connectivity index (χ0) is 17.7. The Labute approximate surface area is 144 Å². The van der Waals surface area contributed by atoms with Crippen LogP contribution in [0.3, 0.4) is 0 Å². The third-order valence-electron chi connectivity index (χ3n) is 3.37. The van der Waals surface area contributed by atoms with Gasteiger partial charge in [0, 0.05) is 12.5 Å². The molecule has 24 heavy (non-hydrogen) atoms. The number of aryl methyl sites for hydroxylation is 1. The summed E-state index contributed by atoms with van der Waals surface area (Å²) in [5.74, 6) is -0.879. The van der Waals surface area contributed by atoms with E-state index in [0.29, 0.717) is 23.7 Å². The highest BCUT2D eigenvalue weighted by molar-refractivity contribution is 7.91. The van der Waals surface area contributed by atoms with Gasteiger partial charge in [0.25, 0.3) is 0 Å². The van der Waals surface area contributed by atoms with E-state index in [1.54, 1.807) is 6.92 Å². The molecule has 0 aliphatic rings. The number of nitrogens with one attached hydrogen (secondary N) is 1. The molecule has 0 amide bonds. The fourth-order valence-electron chi connectivity index (χ4n) is 2.30. The molecule has 7 nitrogen and oxygen atoms in total. The highest BCUT2D eigenvalue weighted by Gasteiger charge is 2.20. The van der Waals surface area contributed by atoms with Crippen LogP contribution in [0.1, 0.15) is 24.1 Å². The minimum atomic E-state index is -3.81. The first-order valence-corrected chi connectivity index (χ1v) is 9.64. The number of carbonyl (C=O) groups is 1. The molecule has 1 aromatic carbocycles. The van der Waals surface area contributed by atoms with Gasteiger partial charge < -0.3 is 10.4 Å². The number of hydrogen-bond donors (Lipinski definition) is 3. The van der Waals surface area contributed by atoms with Crippen molar-refractivity contribution in [2.45, 2.75) is 36.4 Å². The number of aromatic nitrogens is 1. The summed E-state index contributed by atoms with van der Waals surface area (Å²) in [6.07, 6.45) is 1.02. The Morgan fingerprint density at radius 3 is 2.58 bits per heavy atom. The van der Waals surface area contributed by atoms with E-state index in [0.717, 1.165) is 16.9 Å². The number of rotatable bonds is 8. The lowest BCUT2D eigenvalue weighted by Crippen LogP contribution is -2.23. The normalized spacial score (nSPS) is 12.8. The standard InChI is InChI=1S/C15H19N3O4S2/c1-10-14(24(16,21)22)23-15(17-10)18-12(7-8-13(19)20)9-11-5-3-2-4-6-11/h2-6,12H,7-9H2,1H3,(H,17,18)(H,19,20)(H2,16,21,22). The van der Waals surface area contributed by atoms with Gasteiger partial charge in [-0.3, -0.25) is 4.79 Å². The third-order valence-corrected chi connectivity index (χ3v) is 6.01. The molecule has 0 aliphatic carbocycles. The molecule has 0 bridgehead atoms. The molecule has 0 spiro atoms. The Morgan fingerprint density at radius 1 is 1.38 bits per heavy atom. The fourth-order valence-corrected chi connectivity index (χ4v) is 4.24. The quantitative estimate of drug-likeness (QED) is 0.654. The van der Waals surface area contributed by atoms with Gasteiger partial charge in [0.15, 0.2) is 9.34 Å². The Morgan fingerprint density at radius 2 is 2.04 bits per heavy atom. The number of aliphatic carboxylic acids is 1. The van der Waals surface area contributed by atoms with E-state index < -0.39 is 16.0 Å². The summed E-state index contributed by atoms with van der Waals surface area (Å²) in [6.45, 7) is 1.57. The van der Waals surface area contributed by atoms with Gasteiger partial charge >= 0.3 is 5.97 Å². The van der Waals surface area contributed by atoms with Crippen molar-refractivity contribution >= 4 is 32.5 Å². The summed E-state index contributed by atoms with van der Waals surface area (Å²) in [4.78, 5) is 15.0. The molecule has 0 saturated carbocycles. The minimum Gasteiger partial charge on any atom is -0.481 e. The zero-order valence-corrected chi connectivity index (χ0v) is 14.7. The maximum Gasteiger partial charge on any atom is 0.303 e. The highest BCUT2D eigenvalue weighted by Crippen LogP contribution is 2.27. The summed E-state index contributed by atoms with van der Waals surface area (Å²) in [5.41, 5.74) is 1.39. The first-order chi connectivity index (χ1) is 11.3. The van der Waals surface area contributed by atoms with E-state index in [1.807, 2.05) is 30.3 Å². The van der Waals surface area contributed by atoms with Crippen molar-refractivity contribution in [3.05, 3.63) is 41.6 Å². The Kier molecular flexibility index (Phi) is 5.92. The second-order valence-electron chi connectivity index (χ2n) is 5.40. The van der Waals surface area contributed by atoms with Crippen molar-refractivity contribution < 1.29 is 18.3 Å². The van der Waals surface area contributed by atoms with Gasteiger partial charge in [-0.15, -0.1) is 0 Å². The van der Waals surface area contributed by atoms with Gasteiger partial charge in [0.05, 0.1) is 5.69 Å². The van der Waals surface area contributed by atoms with Crippen LogP contribution in [-0.4, -0.2) is 30.5 Å². The van der Waals surface area contributed by atoms with Crippen LogP contribution < -0.4 is 10.5 Å². The summed E-state index contributed by atoms with van der Waals surface area (Å²) in [5, 5.41) is 17.6. The maximum absolute atomic E-state index is 11.5. The molecular formula is C15H19N3O4S2. The van der Waals surface area contributed by atoms with Gasteiger partial charge in [-0.25, -0.2) is 18.5 Å². The SMILES string of the molecule is Cc1nc(NC(CCC(=O)O)Cc2ccccc2)sc1S(N)(=O)=O. The van der Waals surface area contributed by atoms with E-state index in [9.17, 15) is 13.2 Å². The van der Waals surface area contributed by atoms with Crippen molar-refractivity contribution in [3.63, 3.8) is 0 Å². The lowest BCUT2D eigenvalue weighted by Gasteiger charge is -2.17. The predicted octanol–water partition coefficient (Wildman–Crippen LogP) is 1.99. The van der Waals surface area contributed by atoms with Crippen LogP contribution in [0.4, 0.5) is 5.13 Å². The molecule has 4 N–H and O–H groups in total. The van der Waals surface area contributed by atoms with Gasteiger partial charge in [-0.05, 0) is 25.3 Å². The highest BCUT2D eigenvalue weighted by atomic mass is 32.2. The van der Waals surface area contributed by atoms with Crippen molar-refractivity contribution in [2.75, 3.05) is 5.32 Å². The molecule has 2 rings (SSSR count). The van der Waals surface area contributed by atoms with Crippen LogP contribution in [0.2, 0.25) is 0 Å². The van der Waals surface area contributed by atoms with Gasteiger partial charge in [-0.1, -0.05) is 41.7 Å². The molecular weight excluding hydrogens is 350 g/mol. The van der Waals surface area contributed by atoms with Crippen molar-refractivity contribution in [1.82, 2.24) is 4.98 Å². The lowest BCUT2D eigenvalue weighted by atomic mass is 10.0. The molecule has 2 aromatic rings. The number of hydrogen-bond acceptors (Lipinski definition) is 6. The number of nitrogens with zero attached hydrogens (tertiary/aromatic N) is 1. The predicted molar refractivity (Wildman–Crippen MR) is 92.7 cm³/mol. The topological polar surface area (TPSA) is 122 Å². The number of carboxylic acid groups (broad SMARTS) is 1. The molecule has 0 radical (unpaired) electrons. The molecule has 0 fully saturated rings. The summed E-state index contributed by atoms with van der Waals surface area (Å²) < 4.78 is 23.0. The summed E-state index contributed by atoms with van der Waals surface area (Å²) in [6, 6.07) is 9.47. The van der Waals surface area contributed by atoms with E-state index in [2.05, 4.69) is 10.3 Å². The van der Waals surface area contributed by atoms with Crippen molar-refractivity contribution in [2.24, 2.45) is 5.14 Å². The van der Waals surface area contributed by atoms with Gasteiger partial charge in [0.2, 0.25) is 10.0 Å². The zero-order valence-electron chi connectivity index (χ0n) is 13.1. The molecule has 1 heterocycles. The Bertz CT molecular complexity index is 803. The largest absolute Gasteiger partial charge is 0.481 e. The molecule has 0 aliphatic heterocycles. The third kappa shape index (κ3) is 5.29. The number of nitrogens with two attached hydrogens (primary N) is 1. The minimum absolute atomic E-state index is 0.0108. The smallest absolute Gasteiger partial charge is 0.303 e. The van der Waals surface area contributed by atoms with Crippen LogP contribution >= 0.6 is 11.3 Å². The van der Waals surface area contributed by atoms with E-state index in [1.165, 1.54) is 0 Å². The monoisotopic (exact) mass is 369 g/mol. The average Bonchev–Trinajstić information content (AvgIpc) is 2.86. The lowest BCUT2D eigenvalue weighted by molar-refractivity contribution is -0.137. The van der Waals surface area contributed by atoms with Gasteiger partial charge in [-0.2, -0.15) is 0 Å². The summed E-state index contributed by atoms with van der Waals surface area (Å²) in [7, 11) is -3.81. The Balaban J connectivity index is 2.17. The van der Waals surface area contributed by atoms with E-state index in [-0.39, 0.29) is 16.7 Å². The molecule has 1 atom stereocenters. The van der Waals surface area contributed by atoms with Crippen molar-refractivity contribution in [1.29, 1.82) is 0 Å².